The number of aromatic nitrogens is 2. The van der Waals surface area contributed by atoms with Crippen molar-refractivity contribution in [2.24, 2.45) is 5.18 Å². The molecule has 0 atom stereocenters. The molecule has 114 valence electrons. The molecule has 2 N–H and O–H groups in total. The van der Waals surface area contributed by atoms with Crippen LogP contribution in [0.5, 0.6) is 0 Å². The van der Waals surface area contributed by atoms with Gasteiger partial charge in [-0.05, 0) is 12.1 Å². The summed E-state index contributed by atoms with van der Waals surface area (Å²) in [6.07, 6.45) is 0.273. The molecule has 2 heterocycles. The van der Waals surface area contributed by atoms with E-state index in [0.717, 1.165) is 5.56 Å². The molecule has 1 aliphatic heterocycles. The Balaban J connectivity index is 1.99. The molecule has 1 fully saturated rings. The Morgan fingerprint density at radius 1 is 1.23 bits per heavy atom. The second kappa shape index (κ2) is 5.78. The van der Waals surface area contributed by atoms with Gasteiger partial charge in [0.15, 0.2) is 11.6 Å². The largest absolute Gasteiger partial charge is 0.383 e. The Kier molecular flexibility index (Phi) is 3.82. The van der Waals surface area contributed by atoms with E-state index in [2.05, 4.69) is 15.1 Å². The Morgan fingerprint density at radius 2 is 1.91 bits per heavy atom. The maximum Gasteiger partial charge on any atom is 0.205 e. The molecule has 0 amide bonds. The Morgan fingerprint density at radius 3 is 2.55 bits per heavy atom. The Bertz CT molecular complexity index is 685. The maximum absolute atomic E-state index is 11.2. The van der Waals surface area contributed by atoms with Crippen LogP contribution in [0.4, 0.5) is 11.6 Å². The molecule has 0 radical (unpaired) electrons. The van der Waals surface area contributed by atoms with Crippen LogP contribution in [-0.4, -0.2) is 29.0 Å². The summed E-state index contributed by atoms with van der Waals surface area (Å²) in [7, 11) is 0. The average Bonchev–Trinajstić information content (AvgIpc) is 2.96. The summed E-state index contributed by atoms with van der Waals surface area (Å²) in [6, 6.07) is 9.28. The van der Waals surface area contributed by atoms with Gasteiger partial charge in [-0.25, -0.2) is 9.97 Å². The lowest BCUT2D eigenvalue weighted by molar-refractivity contribution is -0.140. The second-order valence-corrected chi connectivity index (χ2v) is 5.20. The molecule has 7 heteroatoms. The van der Waals surface area contributed by atoms with Crippen LogP contribution in [0.2, 0.25) is 0 Å². The number of nitrogen functional groups attached to an aromatic ring is 1. The summed E-state index contributed by atoms with van der Waals surface area (Å²) >= 11 is 0. The van der Waals surface area contributed by atoms with Crippen LogP contribution in [0.1, 0.15) is 12.5 Å². The molecule has 0 bridgehead atoms. The normalized spacial score (nSPS) is 16.6. The van der Waals surface area contributed by atoms with E-state index < -0.39 is 5.79 Å². The Labute approximate surface area is 127 Å². The number of rotatable bonds is 4. The van der Waals surface area contributed by atoms with Gasteiger partial charge < -0.3 is 15.2 Å². The van der Waals surface area contributed by atoms with E-state index in [0.29, 0.717) is 24.6 Å². The van der Waals surface area contributed by atoms with E-state index in [1.807, 2.05) is 30.3 Å². The lowest BCUT2D eigenvalue weighted by Gasteiger charge is -2.23. The third-order valence-corrected chi connectivity index (χ3v) is 3.53. The van der Waals surface area contributed by atoms with Gasteiger partial charge in [-0.3, -0.25) is 0 Å². The highest BCUT2D eigenvalue weighted by Gasteiger charge is 2.34. The summed E-state index contributed by atoms with van der Waals surface area (Å²) in [5.41, 5.74) is 7.22. The molecule has 0 unspecified atom stereocenters. The molecule has 0 aliphatic carbocycles. The van der Waals surface area contributed by atoms with E-state index in [4.69, 9.17) is 15.2 Å². The van der Waals surface area contributed by atoms with Gasteiger partial charge in [-0.15, -0.1) is 4.91 Å². The smallest absolute Gasteiger partial charge is 0.205 e. The molecular weight excluding hydrogens is 284 g/mol. The molecule has 1 aliphatic rings. The topological polar surface area (TPSA) is 99.7 Å². The van der Waals surface area contributed by atoms with Crippen molar-refractivity contribution >= 4 is 11.6 Å². The van der Waals surface area contributed by atoms with Crippen LogP contribution in [0, 0.1) is 4.91 Å². The number of nitrogens with zero attached hydrogens (tertiary/aromatic N) is 3. The minimum absolute atomic E-state index is 0.0201. The first kappa shape index (κ1) is 14.6. The van der Waals surface area contributed by atoms with Gasteiger partial charge in [0.1, 0.15) is 5.82 Å². The third kappa shape index (κ3) is 2.81. The number of hydrogen-bond donors (Lipinski definition) is 1. The molecule has 1 aromatic heterocycles. The number of benzene rings is 1. The molecule has 3 rings (SSSR count). The monoisotopic (exact) mass is 300 g/mol. The van der Waals surface area contributed by atoms with Gasteiger partial charge in [0.25, 0.3) is 0 Å². The molecule has 1 aromatic carbocycles. The minimum Gasteiger partial charge on any atom is -0.383 e. The van der Waals surface area contributed by atoms with Crippen LogP contribution in [0.25, 0.3) is 11.4 Å². The molecule has 22 heavy (non-hydrogen) atoms. The van der Waals surface area contributed by atoms with E-state index >= 15 is 0 Å². The third-order valence-electron chi connectivity index (χ3n) is 3.53. The zero-order valence-corrected chi connectivity index (χ0v) is 12.2. The van der Waals surface area contributed by atoms with Crippen LogP contribution < -0.4 is 5.73 Å². The first-order valence-corrected chi connectivity index (χ1v) is 6.94. The van der Waals surface area contributed by atoms with Crippen molar-refractivity contribution in [1.82, 2.24) is 9.97 Å². The van der Waals surface area contributed by atoms with Crippen molar-refractivity contribution in [2.75, 3.05) is 18.9 Å². The predicted octanol–water partition coefficient (Wildman–Crippen LogP) is 2.43. The van der Waals surface area contributed by atoms with Gasteiger partial charge >= 0.3 is 0 Å². The van der Waals surface area contributed by atoms with Crippen molar-refractivity contribution in [3.05, 3.63) is 40.8 Å². The Hall–Kier alpha value is -2.38. The lowest BCUT2D eigenvalue weighted by Crippen LogP contribution is -2.29. The van der Waals surface area contributed by atoms with Crippen molar-refractivity contribution in [3.8, 4) is 11.4 Å². The number of nitroso groups, excluding NO2 is 1. The van der Waals surface area contributed by atoms with Crippen molar-refractivity contribution in [3.63, 3.8) is 0 Å². The molecule has 0 saturated carbocycles. The van der Waals surface area contributed by atoms with Gasteiger partial charge in [-0.1, -0.05) is 30.3 Å². The molecular formula is C15H16N4O3. The van der Waals surface area contributed by atoms with E-state index in [-0.39, 0.29) is 18.1 Å². The van der Waals surface area contributed by atoms with Crippen molar-refractivity contribution < 1.29 is 9.47 Å². The number of hydrogen-bond acceptors (Lipinski definition) is 7. The zero-order chi connectivity index (χ0) is 15.6. The first-order valence-electron chi connectivity index (χ1n) is 6.94. The molecule has 1 saturated heterocycles. The van der Waals surface area contributed by atoms with E-state index in [9.17, 15) is 4.91 Å². The minimum atomic E-state index is -0.828. The summed E-state index contributed by atoms with van der Waals surface area (Å²) in [5.74, 6) is -0.226. The number of anilines is 1. The highest BCUT2D eigenvalue weighted by Crippen LogP contribution is 2.32. The predicted molar refractivity (Wildman–Crippen MR) is 81.3 cm³/mol. The average molecular weight is 300 g/mol. The fourth-order valence-electron chi connectivity index (χ4n) is 2.43. The molecule has 2 aromatic rings. The van der Waals surface area contributed by atoms with Crippen LogP contribution in [0.15, 0.2) is 35.5 Å². The SMILES string of the molecule is CC1(Cc2c(N)nc(-c3ccccc3)nc2N=O)OCCO1. The highest BCUT2D eigenvalue weighted by atomic mass is 16.7. The standard InChI is InChI=1S/C15H16N4O3/c1-15(21-7-8-22-15)9-11-12(16)17-13(18-14(11)19-20)10-5-3-2-4-6-10/h2-6H,7-9H2,1H3,(H2,16,17,18). The van der Waals surface area contributed by atoms with Crippen LogP contribution >= 0.6 is 0 Å². The highest BCUT2D eigenvalue weighted by molar-refractivity contribution is 5.63. The van der Waals surface area contributed by atoms with Gasteiger partial charge in [-0.2, -0.15) is 0 Å². The molecule has 7 nitrogen and oxygen atoms in total. The number of nitrogens with two attached hydrogens (primary N) is 1. The number of ether oxygens (including phenoxy) is 2. The summed E-state index contributed by atoms with van der Waals surface area (Å²) in [4.78, 5) is 19.7. The second-order valence-electron chi connectivity index (χ2n) is 5.20. The molecule has 0 spiro atoms. The quantitative estimate of drug-likeness (QED) is 0.870. The van der Waals surface area contributed by atoms with Crippen LogP contribution in [-0.2, 0) is 15.9 Å². The van der Waals surface area contributed by atoms with Crippen molar-refractivity contribution in [2.45, 2.75) is 19.1 Å². The van der Waals surface area contributed by atoms with Crippen LogP contribution in [0.3, 0.4) is 0 Å². The van der Waals surface area contributed by atoms with Gasteiger partial charge in [0, 0.05) is 17.5 Å². The van der Waals surface area contributed by atoms with E-state index in [1.54, 1.807) is 6.92 Å². The van der Waals surface area contributed by atoms with Crippen molar-refractivity contribution in [1.29, 1.82) is 0 Å². The summed E-state index contributed by atoms with van der Waals surface area (Å²) < 4.78 is 11.1. The zero-order valence-electron chi connectivity index (χ0n) is 12.2. The lowest BCUT2D eigenvalue weighted by atomic mass is 10.1. The fourth-order valence-corrected chi connectivity index (χ4v) is 2.43. The first-order chi connectivity index (χ1) is 10.6. The summed E-state index contributed by atoms with van der Waals surface area (Å²) in [5, 5.41) is 3.00. The maximum atomic E-state index is 11.2. The summed E-state index contributed by atoms with van der Waals surface area (Å²) in [6.45, 7) is 2.80. The van der Waals surface area contributed by atoms with Gasteiger partial charge in [0.2, 0.25) is 5.82 Å². The fraction of sp³-hybridized carbons (Fsp3) is 0.333. The van der Waals surface area contributed by atoms with E-state index in [1.165, 1.54) is 0 Å². The van der Waals surface area contributed by atoms with Gasteiger partial charge in [0.05, 0.1) is 13.2 Å².